The van der Waals surface area contributed by atoms with Gasteiger partial charge in [-0.05, 0) is 24.7 Å². The molecule has 0 spiro atoms. The van der Waals surface area contributed by atoms with Crippen molar-refractivity contribution in [3.05, 3.63) is 5.66 Å². The van der Waals surface area contributed by atoms with Crippen molar-refractivity contribution in [2.45, 2.75) is 91.9 Å². The van der Waals surface area contributed by atoms with Gasteiger partial charge in [-0.25, -0.2) is 0 Å². The Morgan fingerprint density at radius 1 is 0.810 bits per heavy atom. The zero-order chi connectivity index (χ0) is 16.3. The summed E-state index contributed by atoms with van der Waals surface area (Å²) in [6, 6.07) is 0. The van der Waals surface area contributed by atoms with E-state index in [1.165, 1.54) is 0 Å². The highest BCUT2D eigenvalue weighted by atomic mass is 31.2. The van der Waals surface area contributed by atoms with E-state index >= 15 is 0 Å². The first kappa shape index (κ1) is 21.1. The second-order valence-corrected chi connectivity index (χ2v) is 7.78. The summed E-state index contributed by atoms with van der Waals surface area (Å²) in [5, 5.41) is 0. The van der Waals surface area contributed by atoms with Gasteiger partial charge in [0.15, 0.2) is 0 Å². The fourth-order valence-electron chi connectivity index (χ4n) is 3.21. The van der Waals surface area contributed by atoms with Crippen LogP contribution in [-0.2, 0) is 4.57 Å². The highest BCUT2D eigenvalue weighted by molar-refractivity contribution is 7.55. The normalized spacial score (nSPS) is 15.4. The first-order chi connectivity index (χ1) is 9.92. The average Bonchev–Trinajstić information content (AvgIpc) is 2.43. The number of rotatable bonds is 13. The van der Waals surface area contributed by atoms with Gasteiger partial charge in [0.05, 0.1) is 5.66 Å². The molecule has 0 amide bonds. The second kappa shape index (κ2) is 11.7. The fourth-order valence-corrected chi connectivity index (χ4v) is 4.79. The lowest BCUT2D eigenvalue weighted by molar-refractivity contribution is 0.312. The van der Waals surface area contributed by atoms with Crippen molar-refractivity contribution in [1.82, 2.24) is 0 Å². The van der Waals surface area contributed by atoms with Crippen LogP contribution in [0, 0.1) is 17.5 Å². The number of hydrogen-bond donors (Lipinski definition) is 2. The molecule has 0 rings (SSSR count). The molecule has 2 unspecified atom stereocenters. The van der Waals surface area contributed by atoms with Gasteiger partial charge in [-0.15, -0.1) is 0 Å². The van der Waals surface area contributed by atoms with Gasteiger partial charge in [0.25, 0.3) is 0 Å². The smallest absolute Gasteiger partial charge is 0.324 e. The topological polar surface area (TPSA) is 57.5 Å². The summed E-state index contributed by atoms with van der Waals surface area (Å²) in [6.45, 7) is 8.44. The third-order valence-electron chi connectivity index (χ3n) is 4.47. The molecule has 0 saturated carbocycles. The third-order valence-corrected chi connectivity index (χ3v) is 5.87. The summed E-state index contributed by atoms with van der Waals surface area (Å²) in [7, 11) is -4.10. The van der Waals surface area contributed by atoms with Gasteiger partial charge in [0, 0.05) is 0 Å². The Morgan fingerprint density at radius 2 is 1.19 bits per heavy atom. The second-order valence-electron chi connectivity index (χ2n) is 6.17. The van der Waals surface area contributed by atoms with Gasteiger partial charge >= 0.3 is 7.60 Å². The fraction of sp³-hybridized carbons (Fsp3) is 0.941. The van der Waals surface area contributed by atoms with E-state index in [4.69, 9.17) is 0 Å². The highest BCUT2D eigenvalue weighted by Gasteiger charge is 2.40. The van der Waals surface area contributed by atoms with Gasteiger partial charge in [-0.3, -0.25) is 4.57 Å². The molecule has 0 aromatic rings. The Morgan fingerprint density at radius 3 is 1.43 bits per heavy atom. The van der Waals surface area contributed by atoms with E-state index in [1.807, 2.05) is 0 Å². The van der Waals surface area contributed by atoms with Crippen molar-refractivity contribution < 1.29 is 14.4 Å². The van der Waals surface area contributed by atoms with Crippen LogP contribution in [0.3, 0.4) is 0 Å². The van der Waals surface area contributed by atoms with Crippen LogP contribution in [0.5, 0.6) is 0 Å². The molecule has 0 bridgehead atoms. The third kappa shape index (κ3) is 8.38. The van der Waals surface area contributed by atoms with Gasteiger partial charge in [-0.1, -0.05) is 79.1 Å². The van der Waals surface area contributed by atoms with Crippen LogP contribution < -0.4 is 0 Å². The predicted molar refractivity (Wildman–Crippen MR) is 91.1 cm³/mol. The zero-order valence-corrected chi connectivity index (χ0v) is 15.4. The summed E-state index contributed by atoms with van der Waals surface area (Å²) in [5.74, 6) is 0.174. The predicted octanol–water partition coefficient (Wildman–Crippen LogP) is 5.91. The first-order valence-electron chi connectivity index (χ1n) is 8.84. The van der Waals surface area contributed by atoms with Gasteiger partial charge in [-0.2, -0.15) is 0 Å². The van der Waals surface area contributed by atoms with E-state index in [0.29, 0.717) is 5.66 Å². The standard InChI is InChI=1S/C17H36O3P/c1-5-9-11-13-15(7-3)17(21(18,19)20)16(8-4)14-12-10-6-2/h15-16H,5-14H2,1-4H3,(H2,18,19,20). The zero-order valence-electron chi connectivity index (χ0n) is 14.5. The Balaban J connectivity index is 4.90. The van der Waals surface area contributed by atoms with E-state index in [0.717, 1.165) is 64.2 Å². The summed E-state index contributed by atoms with van der Waals surface area (Å²) < 4.78 is 12.1. The maximum Gasteiger partial charge on any atom is 0.333 e. The van der Waals surface area contributed by atoms with Crippen molar-refractivity contribution in [1.29, 1.82) is 0 Å². The maximum atomic E-state index is 12.1. The summed E-state index contributed by atoms with van der Waals surface area (Å²) in [5.41, 5.74) is 0.555. The minimum atomic E-state index is -4.10. The molecular formula is C17H36O3P. The van der Waals surface area contributed by atoms with Crippen molar-refractivity contribution in [2.75, 3.05) is 0 Å². The minimum absolute atomic E-state index is 0.0870. The van der Waals surface area contributed by atoms with E-state index in [-0.39, 0.29) is 11.8 Å². The Hall–Kier alpha value is 0.150. The van der Waals surface area contributed by atoms with Gasteiger partial charge in [0.1, 0.15) is 0 Å². The average molecular weight is 319 g/mol. The lowest BCUT2D eigenvalue weighted by Crippen LogP contribution is -2.21. The van der Waals surface area contributed by atoms with E-state index in [2.05, 4.69) is 27.7 Å². The van der Waals surface area contributed by atoms with Crippen LogP contribution >= 0.6 is 7.60 Å². The summed E-state index contributed by atoms with van der Waals surface area (Å²) >= 11 is 0. The largest absolute Gasteiger partial charge is 0.333 e. The number of unbranched alkanes of at least 4 members (excludes halogenated alkanes) is 4. The molecule has 21 heavy (non-hydrogen) atoms. The van der Waals surface area contributed by atoms with Crippen molar-refractivity contribution in [2.24, 2.45) is 11.8 Å². The van der Waals surface area contributed by atoms with Crippen LogP contribution in [0.4, 0.5) is 0 Å². The molecule has 3 nitrogen and oxygen atoms in total. The van der Waals surface area contributed by atoms with Crippen LogP contribution in [0.15, 0.2) is 0 Å². The Labute approximate surface area is 132 Å². The molecule has 0 aromatic carbocycles. The van der Waals surface area contributed by atoms with Crippen LogP contribution in [-0.4, -0.2) is 9.79 Å². The van der Waals surface area contributed by atoms with Crippen molar-refractivity contribution >= 4 is 7.60 Å². The lowest BCUT2D eigenvalue weighted by atomic mass is 9.84. The van der Waals surface area contributed by atoms with Crippen LogP contribution in [0.2, 0.25) is 0 Å². The van der Waals surface area contributed by atoms with Crippen molar-refractivity contribution in [3.63, 3.8) is 0 Å². The number of hydrogen-bond acceptors (Lipinski definition) is 1. The van der Waals surface area contributed by atoms with Gasteiger partial charge in [0.2, 0.25) is 0 Å². The molecule has 4 heteroatoms. The minimum Gasteiger partial charge on any atom is -0.324 e. The van der Waals surface area contributed by atoms with Crippen molar-refractivity contribution in [3.8, 4) is 0 Å². The molecule has 0 heterocycles. The van der Waals surface area contributed by atoms with Crippen LogP contribution in [0.25, 0.3) is 0 Å². The summed E-state index contributed by atoms with van der Waals surface area (Å²) in [4.78, 5) is 19.7. The molecule has 0 aliphatic heterocycles. The molecule has 2 atom stereocenters. The molecule has 2 N–H and O–H groups in total. The SMILES string of the molecule is CCCCCC(CC)[C](C(CC)CCCCC)P(=O)(O)O. The molecule has 0 aliphatic carbocycles. The monoisotopic (exact) mass is 319 g/mol. The van der Waals surface area contributed by atoms with E-state index in [1.54, 1.807) is 0 Å². The van der Waals surface area contributed by atoms with E-state index in [9.17, 15) is 14.4 Å². The molecule has 1 radical (unpaired) electrons. The highest BCUT2D eigenvalue weighted by Crippen LogP contribution is 2.58. The maximum absolute atomic E-state index is 12.1. The van der Waals surface area contributed by atoms with Gasteiger partial charge < -0.3 is 9.79 Å². The Kier molecular flexibility index (Phi) is 11.8. The molecular weight excluding hydrogens is 283 g/mol. The molecule has 0 aromatic heterocycles. The summed E-state index contributed by atoms with van der Waals surface area (Å²) in [6.07, 6.45) is 10.3. The lowest BCUT2D eigenvalue weighted by Gasteiger charge is -2.33. The molecule has 127 valence electrons. The quantitative estimate of drug-likeness (QED) is 0.328. The van der Waals surface area contributed by atoms with E-state index < -0.39 is 7.60 Å². The molecule has 0 fully saturated rings. The molecule has 0 aliphatic rings. The van der Waals surface area contributed by atoms with Crippen LogP contribution in [0.1, 0.15) is 91.9 Å². The molecule has 0 saturated heterocycles. The Bertz CT molecular complexity index is 270. The first-order valence-corrected chi connectivity index (χ1v) is 10.5.